The molecule has 1 N–H and O–H groups in total. The first-order valence-electron chi connectivity index (χ1n) is 9.55. The van der Waals surface area contributed by atoms with E-state index in [0.29, 0.717) is 30.2 Å². The summed E-state index contributed by atoms with van der Waals surface area (Å²) in [5.41, 5.74) is 1.99. The van der Waals surface area contributed by atoms with Gasteiger partial charge < -0.3 is 14.5 Å². The highest BCUT2D eigenvalue weighted by Gasteiger charge is 2.13. The lowest BCUT2D eigenvalue weighted by molar-refractivity contribution is -0.143. The Hall–Kier alpha value is -3.41. The quantitative estimate of drug-likeness (QED) is 0.360. The summed E-state index contributed by atoms with van der Waals surface area (Å²) in [5, 5.41) is 3.33. The van der Waals surface area contributed by atoms with Crippen molar-refractivity contribution in [1.29, 1.82) is 0 Å². The summed E-state index contributed by atoms with van der Waals surface area (Å²) in [7, 11) is 0. The molecule has 0 spiro atoms. The molecule has 1 amide bonds. The maximum atomic E-state index is 12.2. The number of nitrogens with one attached hydrogen (secondary N) is 1. The number of rotatable bonds is 8. The second-order valence-electron chi connectivity index (χ2n) is 6.80. The number of fused-ring (bicyclic) bond motifs is 1. The average molecular weight is 393 g/mol. The minimum atomic E-state index is -0.677. The molecule has 1 aromatic heterocycles. The molecule has 150 valence electrons. The molecule has 29 heavy (non-hydrogen) atoms. The predicted molar refractivity (Wildman–Crippen MR) is 110 cm³/mol. The van der Waals surface area contributed by atoms with Gasteiger partial charge in [-0.15, -0.1) is 0 Å². The molecule has 0 aliphatic heterocycles. The first-order valence-corrected chi connectivity index (χ1v) is 9.55. The van der Waals surface area contributed by atoms with E-state index in [1.165, 1.54) is 11.6 Å². The Morgan fingerprint density at radius 3 is 2.62 bits per heavy atom. The summed E-state index contributed by atoms with van der Waals surface area (Å²) in [5.74, 6) is -0.776. The SMILES string of the molecule is Cc1ccc(CCC(=O)OCCCNC(=O)c2cc3ccccc3oc2=O)cc1. The highest BCUT2D eigenvalue weighted by molar-refractivity contribution is 5.96. The van der Waals surface area contributed by atoms with Crippen LogP contribution in [0.2, 0.25) is 0 Å². The fraction of sp³-hybridized carbons (Fsp3) is 0.261. The van der Waals surface area contributed by atoms with Crippen LogP contribution in [0.25, 0.3) is 11.0 Å². The van der Waals surface area contributed by atoms with Gasteiger partial charge in [-0.3, -0.25) is 9.59 Å². The largest absolute Gasteiger partial charge is 0.466 e. The zero-order chi connectivity index (χ0) is 20.6. The third-order valence-corrected chi connectivity index (χ3v) is 4.49. The van der Waals surface area contributed by atoms with E-state index in [2.05, 4.69) is 5.32 Å². The number of carbonyl (C=O) groups is 2. The standard InChI is InChI=1S/C23H23NO5/c1-16-7-9-17(10-8-16)11-12-21(25)28-14-4-13-24-22(26)19-15-18-5-2-3-6-20(18)29-23(19)27/h2-3,5-10,15H,4,11-14H2,1H3,(H,24,26). The van der Waals surface area contributed by atoms with Crippen molar-refractivity contribution in [2.24, 2.45) is 0 Å². The lowest BCUT2D eigenvalue weighted by Gasteiger charge is -2.07. The number of para-hydroxylation sites is 1. The van der Waals surface area contributed by atoms with Gasteiger partial charge in [0.1, 0.15) is 11.1 Å². The number of esters is 1. The van der Waals surface area contributed by atoms with Crippen molar-refractivity contribution in [3.63, 3.8) is 0 Å². The molecule has 0 saturated carbocycles. The van der Waals surface area contributed by atoms with Crippen molar-refractivity contribution in [3.05, 3.63) is 81.7 Å². The summed E-state index contributed by atoms with van der Waals surface area (Å²) in [6.07, 6.45) is 1.40. The normalized spacial score (nSPS) is 10.7. The number of ether oxygens (including phenoxy) is 1. The number of carbonyl (C=O) groups excluding carboxylic acids is 2. The molecule has 6 nitrogen and oxygen atoms in total. The van der Waals surface area contributed by atoms with Crippen molar-refractivity contribution in [3.8, 4) is 0 Å². The van der Waals surface area contributed by atoms with Crippen LogP contribution in [-0.4, -0.2) is 25.0 Å². The van der Waals surface area contributed by atoms with E-state index in [1.807, 2.05) is 31.2 Å². The zero-order valence-electron chi connectivity index (χ0n) is 16.3. The minimum absolute atomic E-state index is 0.0428. The van der Waals surface area contributed by atoms with Crippen LogP contribution in [0.4, 0.5) is 0 Å². The van der Waals surface area contributed by atoms with Crippen molar-refractivity contribution in [2.75, 3.05) is 13.2 Å². The van der Waals surface area contributed by atoms with Crippen LogP contribution in [0.15, 0.2) is 63.8 Å². The molecule has 0 aliphatic rings. The maximum absolute atomic E-state index is 12.2. The molecular weight excluding hydrogens is 370 g/mol. The molecule has 2 aromatic carbocycles. The molecule has 0 saturated heterocycles. The van der Waals surface area contributed by atoms with E-state index in [0.717, 1.165) is 5.56 Å². The van der Waals surface area contributed by atoms with E-state index < -0.39 is 11.5 Å². The second kappa shape index (κ2) is 9.68. The lowest BCUT2D eigenvalue weighted by atomic mass is 10.1. The summed E-state index contributed by atoms with van der Waals surface area (Å²) in [6.45, 7) is 2.51. The Bertz CT molecular complexity index is 1050. The highest BCUT2D eigenvalue weighted by Crippen LogP contribution is 2.12. The van der Waals surface area contributed by atoms with Gasteiger partial charge in [0.15, 0.2) is 0 Å². The van der Waals surface area contributed by atoms with Crippen LogP contribution >= 0.6 is 0 Å². The molecule has 0 bridgehead atoms. The summed E-state index contributed by atoms with van der Waals surface area (Å²) >= 11 is 0. The van der Waals surface area contributed by atoms with Crippen LogP contribution in [0, 0.1) is 6.92 Å². The molecule has 0 unspecified atom stereocenters. The highest BCUT2D eigenvalue weighted by atomic mass is 16.5. The van der Waals surface area contributed by atoms with Gasteiger partial charge in [0.25, 0.3) is 5.91 Å². The molecule has 3 rings (SSSR count). The Kier molecular flexibility index (Phi) is 6.79. The monoisotopic (exact) mass is 393 g/mol. The smallest absolute Gasteiger partial charge is 0.349 e. The van der Waals surface area contributed by atoms with Crippen LogP contribution < -0.4 is 10.9 Å². The van der Waals surface area contributed by atoms with Gasteiger partial charge >= 0.3 is 11.6 Å². The summed E-state index contributed by atoms with van der Waals surface area (Å²) in [6, 6.07) is 16.5. The third-order valence-electron chi connectivity index (χ3n) is 4.49. The van der Waals surface area contributed by atoms with Gasteiger partial charge in [-0.05, 0) is 37.5 Å². The number of aryl methyl sites for hydroxylation is 2. The summed E-state index contributed by atoms with van der Waals surface area (Å²) in [4.78, 5) is 36.0. The van der Waals surface area contributed by atoms with Crippen molar-refractivity contribution in [2.45, 2.75) is 26.2 Å². The van der Waals surface area contributed by atoms with E-state index in [-0.39, 0.29) is 24.7 Å². The second-order valence-corrected chi connectivity index (χ2v) is 6.80. The van der Waals surface area contributed by atoms with Crippen LogP contribution in [0.3, 0.4) is 0 Å². The third kappa shape index (κ3) is 5.78. The topological polar surface area (TPSA) is 85.6 Å². The fourth-order valence-corrected chi connectivity index (χ4v) is 2.85. The molecule has 1 heterocycles. The van der Waals surface area contributed by atoms with Crippen molar-refractivity contribution >= 4 is 22.8 Å². The van der Waals surface area contributed by atoms with Gasteiger partial charge in [-0.2, -0.15) is 0 Å². The fourth-order valence-electron chi connectivity index (χ4n) is 2.85. The minimum Gasteiger partial charge on any atom is -0.466 e. The Morgan fingerprint density at radius 1 is 1.07 bits per heavy atom. The number of amides is 1. The zero-order valence-corrected chi connectivity index (χ0v) is 16.3. The number of hydrogen-bond donors (Lipinski definition) is 1. The molecule has 6 heteroatoms. The van der Waals surface area contributed by atoms with Gasteiger partial charge in [0.05, 0.1) is 6.61 Å². The first-order chi connectivity index (χ1) is 14.0. The van der Waals surface area contributed by atoms with Gasteiger partial charge in [-0.25, -0.2) is 4.79 Å². The van der Waals surface area contributed by atoms with E-state index >= 15 is 0 Å². The van der Waals surface area contributed by atoms with Crippen molar-refractivity contribution in [1.82, 2.24) is 5.32 Å². The first kappa shape index (κ1) is 20.3. The molecular formula is C23H23NO5. The van der Waals surface area contributed by atoms with Crippen LogP contribution in [0.1, 0.15) is 34.3 Å². The Balaban J connectivity index is 1.38. The number of benzene rings is 2. The van der Waals surface area contributed by atoms with Gasteiger partial charge in [0, 0.05) is 18.4 Å². The maximum Gasteiger partial charge on any atom is 0.349 e. The predicted octanol–water partition coefficient (Wildman–Crippen LogP) is 3.40. The molecule has 0 fully saturated rings. The van der Waals surface area contributed by atoms with E-state index in [9.17, 15) is 14.4 Å². The average Bonchev–Trinajstić information content (AvgIpc) is 2.72. The van der Waals surface area contributed by atoms with E-state index in [4.69, 9.17) is 9.15 Å². The van der Waals surface area contributed by atoms with Crippen LogP contribution in [0.5, 0.6) is 0 Å². The Labute approximate surface area is 168 Å². The van der Waals surface area contributed by atoms with E-state index in [1.54, 1.807) is 24.3 Å². The summed E-state index contributed by atoms with van der Waals surface area (Å²) < 4.78 is 10.3. The van der Waals surface area contributed by atoms with Crippen molar-refractivity contribution < 1.29 is 18.7 Å². The molecule has 0 radical (unpaired) electrons. The molecule has 3 aromatic rings. The molecule has 0 aliphatic carbocycles. The van der Waals surface area contributed by atoms with Gasteiger partial charge in [0.2, 0.25) is 0 Å². The number of hydrogen-bond acceptors (Lipinski definition) is 5. The lowest BCUT2D eigenvalue weighted by Crippen LogP contribution is -2.29. The van der Waals surface area contributed by atoms with Gasteiger partial charge in [-0.1, -0.05) is 48.0 Å². The van der Waals surface area contributed by atoms with Crippen LogP contribution in [-0.2, 0) is 16.0 Å². The molecule has 0 atom stereocenters. The Morgan fingerprint density at radius 2 is 1.83 bits per heavy atom.